The van der Waals surface area contributed by atoms with Crippen molar-refractivity contribution < 1.29 is 14.6 Å². The molecule has 3 aromatic rings. The number of halogens is 2. The molecule has 1 saturated carbocycles. The molecule has 0 unspecified atom stereocenters. The molecular formula is C28H29Cl2N3O3. The van der Waals surface area contributed by atoms with Crippen LogP contribution in [-0.4, -0.2) is 40.0 Å². The van der Waals surface area contributed by atoms with Gasteiger partial charge in [0.1, 0.15) is 5.75 Å². The summed E-state index contributed by atoms with van der Waals surface area (Å²) in [4.78, 5) is 13.5. The van der Waals surface area contributed by atoms with Crippen molar-refractivity contribution in [2.45, 2.75) is 57.1 Å². The fourth-order valence-electron chi connectivity index (χ4n) is 5.15. The summed E-state index contributed by atoms with van der Waals surface area (Å²) in [5, 5.41) is 19.1. The van der Waals surface area contributed by atoms with Crippen LogP contribution in [0.15, 0.2) is 42.5 Å². The molecule has 1 heterocycles. The molecule has 0 radical (unpaired) electrons. The second-order valence-corrected chi connectivity index (χ2v) is 10.3. The van der Waals surface area contributed by atoms with Gasteiger partial charge in [-0.2, -0.15) is 5.10 Å². The third-order valence-electron chi connectivity index (χ3n) is 7.02. The monoisotopic (exact) mass is 525 g/mol. The molecule has 2 N–H and O–H groups in total. The Morgan fingerprint density at radius 1 is 1.11 bits per heavy atom. The molecule has 2 aliphatic carbocycles. The molecular weight excluding hydrogens is 497 g/mol. The van der Waals surface area contributed by atoms with Gasteiger partial charge in [-0.1, -0.05) is 35.3 Å². The average molecular weight is 526 g/mol. The van der Waals surface area contributed by atoms with Gasteiger partial charge in [0.15, 0.2) is 5.69 Å². The predicted molar refractivity (Wildman–Crippen MR) is 143 cm³/mol. The Labute approximate surface area is 220 Å². The van der Waals surface area contributed by atoms with Crippen molar-refractivity contribution in [3.63, 3.8) is 0 Å². The number of hydrogen-bond acceptors (Lipinski definition) is 4. The summed E-state index contributed by atoms with van der Waals surface area (Å²) in [5.74, 6) is 0.538. The summed E-state index contributed by atoms with van der Waals surface area (Å²) in [7, 11) is 1.65. The fraction of sp³-hybridized carbons (Fsp3) is 0.357. The Bertz CT molecular complexity index is 1300. The van der Waals surface area contributed by atoms with Gasteiger partial charge >= 0.3 is 0 Å². The number of carbonyl (C=O) groups excluding carboxylic acids is 1. The molecule has 188 valence electrons. The highest BCUT2D eigenvalue weighted by Gasteiger charge is 2.32. The zero-order valence-electron chi connectivity index (χ0n) is 20.1. The molecule has 6 nitrogen and oxygen atoms in total. The van der Waals surface area contributed by atoms with Crippen LogP contribution in [0, 0.1) is 0 Å². The van der Waals surface area contributed by atoms with Crippen molar-refractivity contribution >= 4 is 40.8 Å². The molecule has 0 bridgehead atoms. The minimum Gasteiger partial charge on any atom is -0.497 e. The molecule has 0 saturated heterocycles. The molecule has 1 amide bonds. The first-order chi connectivity index (χ1) is 17.4. The van der Waals surface area contributed by atoms with Crippen molar-refractivity contribution in [3.8, 4) is 11.4 Å². The number of aliphatic hydroxyl groups is 1. The van der Waals surface area contributed by atoms with E-state index in [4.69, 9.17) is 33.0 Å². The summed E-state index contributed by atoms with van der Waals surface area (Å²) < 4.78 is 7.09. The third kappa shape index (κ3) is 5.03. The van der Waals surface area contributed by atoms with Crippen LogP contribution >= 0.6 is 23.2 Å². The van der Waals surface area contributed by atoms with Crippen LogP contribution in [0.2, 0.25) is 10.0 Å². The highest BCUT2D eigenvalue weighted by molar-refractivity contribution is 6.35. The summed E-state index contributed by atoms with van der Waals surface area (Å²) in [6.07, 6.45) is 7.50. The van der Waals surface area contributed by atoms with E-state index in [1.54, 1.807) is 23.9 Å². The standard InChI is InChI=1S/C28H29Cl2N3O3/c1-36-20-12-9-17(10-13-20)15-18-5-2-3-6-21-26(28(35)31-23-7-4-8-25(23)34)32-33(27(18)21)24-14-11-19(29)16-22(24)30/h9-16,23,25,34H,2-8H2,1H3,(H,31,35)/t23-,25-/m1/s1. The number of aromatic nitrogens is 2. The van der Waals surface area contributed by atoms with E-state index in [0.29, 0.717) is 27.8 Å². The number of methoxy groups -OCH3 is 1. The van der Waals surface area contributed by atoms with Crippen LogP contribution in [0.25, 0.3) is 17.3 Å². The first kappa shape index (κ1) is 24.9. The van der Waals surface area contributed by atoms with Gasteiger partial charge in [-0.05, 0) is 92.5 Å². The lowest BCUT2D eigenvalue weighted by atomic mass is 10.0. The summed E-state index contributed by atoms with van der Waals surface area (Å²) in [6.45, 7) is 0. The zero-order chi connectivity index (χ0) is 25.2. The normalized spacial score (nSPS) is 20.7. The topological polar surface area (TPSA) is 76.4 Å². The molecule has 5 rings (SSSR count). The first-order valence-corrected chi connectivity index (χ1v) is 13.1. The molecule has 36 heavy (non-hydrogen) atoms. The van der Waals surface area contributed by atoms with Crippen LogP contribution < -0.4 is 10.1 Å². The van der Waals surface area contributed by atoms with Crippen molar-refractivity contribution in [1.29, 1.82) is 0 Å². The van der Waals surface area contributed by atoms with Gasteiger partial charge in [0, 0.05) is 10.6 Å². The Morgan fingerprint density at radius 3 is 2.58 bits per heavy atom. The maximum absolute atomic E-state index is 13.5. The number of nitrogens with one attached hydrogen (secondary N) is 1. The maximum Gasteiger partial charge on any atom is 0.272 e. The van der Waals surface area contributed by atoms with E-state index >= 15 is 0 Å². The lowest BCUT2D eigenvalue weighted by Gasteiger charge is -2.16. The molecule has 0 aliphatic heterocycles. The van der Waals surface area contributed by atoms with E-state index in [2.05, 4.69) is 11.4 Å². The maximum atomic E-state index is 13.5. The summed E-state index contributed by atoms with van der Waals surface area (Å²) in [5.41, 5.74) is 4.98. The van der Waals surface area contributed by atoms with E-state index in [9.17, 15) is 9.90 Å². The third-order valence-corrected chi connectivity index (χ3v) is 7.55. The number of benzene rings is 2. The van der Waals surface area contributed by atoms with E-state index in [1.807, 2.05) is 30.3 Å². The number of carbonyl (C=O) groups is 1. The zero-order valence-corrected chi connectivity index (χ0v) is 21.6. The fourth-order valence-corrected chi connectivity index (χ4v) is 5.64. The SMILES string of the molecule is COc1ccc(C=C2CCCCc3c(C(=O)N[C@@H]4CCC[C@H]4O)nn(-c4ccc(Cl)cc4Cl)c32)cc1. The minimum atomic E-state index is -0.522. The number of fused-ring (bicyclic) bond motifs is 1. The number of ether oxygens (including phenoxy) is 1. The first-order valence-electron chi connectivity index (χ1n) is 12.4. The second kappa shape index (κ2) is 10.7. The van der Waals surface area contributed by atoms with Crippen molar-refractivity contribution in [2.75, 3.05) is 7.11 Å². The number of amides is 1. The highest BCUT2D eigenvalue weighted by Crippen LogP contribution is 2.37. The molecule has 2 aromatic carbocycles. The van der Waals surface area contributed by atoms with Crippen molar-refractivity contribution in [1.82, 2.24) is 15.1 Å². The van der Waals surface area contributed by atoms with Crippen molar-refractivity contribution in [2.24, 2.45) is 0 Å². The number of rotatable bonds is 5. The van der Waals surface area contributed by atoms with Gasteiger partial charge in [-0.3, -0.25) is 4.79 Å². The molecule has 0 spiro atoms. The van der Waals surface area contributed by atoms with E-state index in [-0.39, 0.29) is 11.9 Å². The minimum absolute atomic E-state index is 0.252. The van der Waals surface area contributed by atoms with Gasteiger partial charge in [0.05, 0.1) is 35.7 Å². The lowest BCUT2D eigenvalue weighted by Crippen LogP contribution is -2.40. The number of nitrogens with zero attached hydrogens (tertiary/aromatic N) is 2. The van der Waals surface area contributed by atoms with Gasteiger partial charge in [-0.25, -0.2) is 4.68 Å². The van der Waals surface area contributed by atoms with Crippen LogP contribution in [0.4, 0.5) is 0 Å². The number of allylic oxidation sites excluding steroid dienone is 1. The van der Waals surface area contributed by atoms with Crippen LogP contribution in [0.5, 0.6) is 5.75 Å². The quantitative estimate of drug-likeness (QED) is 0.394. The van der Waals surface area contributed by atoms with Crippen LogP contribution in [0.1, 0.15) is 65.8 Å². The summed E-state index contributed by atoms with van der Waals surface area (Å²) >= 11 is 12.8. The molecule has 1 fully saturated rings. The van der Waals surface area contributed by atoms with Gasteiger partial charge in [0.25, 0.3) is 5.91 Å². The van der Waals surface area contributed by atoms with E-state index in [1.165, 1.54) is 0 Å². The molecule has 2 atom stereocenters. The van der Waals surface area contributed by atoms with E-state index in [0.717, 1.165) is 66.7 Å². The number of hydrogen-bond donors (Lipinski definition) is 2. The smallest absolute Gasteiger partial charge is 0.272 e. The largest absolute Gasteiger partial charge is 0.497 e. The highest BCUT2D eigenvalue weighted by atomic mass is 35.5. The lowest BCUT2D eigenvalue weighted by molar-refractivity contribution is 0.0867. The van der Waals surface area contributed by atoms with Gasteiger partial charge < -0.3 is 15.2 Å². The Kier molecular flexibility index (Phi) is 7.37. The van der Waals surface area contributed by atoms with Gasteiger partial charge in [0.2, 0.25) is 0 Å². The van der Waals surface area contributed by atoms with Crippen LogP contribution in [-0.2, 0) is 6.42 Å². The molecule has 8 heteroatoms. The summed E-state index contributed by atoms with van der Waals surface area (Å²) in [6, 6.07) is 12.9. The Hall–Kier alpha value is -2.80. The van der Waals surface area contributed by atoms with Crippen LogP contribution in [0.3, 0.4) is 0 Å². The predicted octanol–water partition coefficient (Wildman–Crippen LogP) is 6.10. The van der Waals surface area contributed by atoms with Crippen molar-refractivity contribution in [3.05, 3.63) is 75.0 Å². The average Bonchev–Trinajstić information content (AvgIpc) is 3.38. The number of aliphatic hydroxyl groups excluding tert-OH is 1. The molecule has 2 aliphatic rings. The Balaban J connectivity index is 1.64. The second-order valence-electron chi connectivity index (χ2n) is 9.41. The molecule has 1 aromatic heterocycles. The Morgan fingerprint density at radius 2 is 1.89 bits per heavy atom. The van der Waals surface area contributed by atoms with Gasteiger partial charge in [-0.15, -0.1) is 0 Å². The van der Waals surface area contributed by atoms with E-state index < -0.39 is 6.10 Å².